The Bertz CT molecular complexity index is 327. The van der Waals surface area contributed by atoms with Crippen LogP contribution >= 0.6 is 0 Å². The molecular weight excluding hydrogens is 192 g/mol. The molecule has 1 unspecified atom stereocenters. The van der Waals surface area contributed by atoms with E-state index in [-0.39, 0.29) is 5.97 Å². The van der Waals surface area contributed by atoms with Crippen molar-refractivity contribution in [1.82, 2.24) is 0 Å². The second-order valence-electron chi connectivity index (χ2n) is 3.65. The van der Waals surface area contributed by atoms with Crippen LogP contribution < -0.4 is 0 Å². The molecule has 1 atom stereocenters. The summed E-state index contributed by atoms with van der Waals surface area (Å²) in [7, 11) is 0. The van der Waals surface area contributed by atoms with Crippen molar-refractivity contribution in [2.45, 2.75) is 20.3 Å². The third kappa shape index (κ3) is 2.72. The molecule has 1 aromatic rings. The van der Waals surface area contributed by atoms with Gasteiger partial charge in [-0.15, -0.1) is 6.58 Å². The topological polar surface area (TPSA) is 39.4 Å². The highest BCUT2D eigenvalue weighted by atomic mass is 16.5. The van der Waals surface area contributed by atoms with Crippen LogP contribution in [0.1, 0.15) is 19.4 Å². The monoisotopic (exact) mass is 208 g/mol. The van der Waals surface area contributed by atoms with Gasteiger partial charge in [0.2, 0.25) is 0 Å². The Balaban J connectivity index is 2.76. The number of carbonyl (C=O) groups is 1. The molecule has 0 aromatic carbocycles. The molecule has 0 aliphatic heterocycles. The maximum atomic E-state index is 11.7. The van der Waals surface area contributed by atoms with Gasteiger partial charge in [0.05, 0.1) is 24.5 Å². The first-order valence-electron chi connectivity index (χ1n) is 4.94. The van der Waals surface area contributed by atoms with Crippen LogP contribution in [0.5, 0.6) is 0 Å². The first-order chi connectivity index (χ1) is 7.12. The summed E-state index contributed by atoms with van der Waals surface area (Å²) in [5.41, 5.74) is 0.283. The molecule has 15 heavy (non-hydrogen) atoms. The van der Waals surface area contributed by atoms with Crippen molar-refractivity contribution in [2.24, 2.45) is 5.41 Å². The summed E-state index contributed by atoms with van der Waals surface area (Å²) in [5, 5.41) is 0. The van der Waals surface area contributed by atoms with Crippen LogP contribution in [0, 0.1) is 5.41 Å². The number of hydrogen-bond donors (Lipinski definition) is 0. The Labute approximate surface area is 89.7 Å². The van der Waals surface area contributed by atoms with Gasteiger partial charge in [0.15, 0.2) is 0 Å². The third-order valence-corrected chi connectivity index (χ3v) is 2.34. The van der Waals surface area contributed by atoms with Gasteiger partial charge in [-0.3, -0.25) is 4.79 Å². The van der Waals surface area contributed by atoms with Gasteiger partial charge in [-0.05, 0) is 31.9 Å². The Hall–Kier alpha value is -1.51. The summed E-state index contributed by atoms with van der Waals surface area (Å²) in [4.78, 5) is 11.7. The lowest BCUT2D eigenvalue weighted by Gasteiger charge is -2.22. The first kappa shape index (κ1) is 11.6. The van der Waals surface area contributed by atoms with Crippen LogP contribution in [0.4, 0.5) is 0 Å². The van der Waals surface area contributed by atoms with Gasteiger partial charge in [-0.2, -0.15) is 0 Å². The average molecular weight is 208 g/mol. The van der Waals surface area contributed by atoms with E-state index >= 15 is 0 Å². The Morgan fingerprint density at radius 2 is 2.47 bits per heavy atom. The molecule has 0 spiro atoms. The lowest BCUT2D eigenvalue weighted by Crippen LogP contribution is -2.29. The Morgan fingerprint density at radius 3 is 2.93 bits per heavy atom. The molecule has 0 fully saturated rings. The molecule has 0 amide bonds. The SMILES string of the molecule is C=CC(C)(Cc1ccoc1)C(=O)OCC. The third-order valence-electron chi connectivity index (χ3n) is 2.34. The summed E-state index contributed by atoms with van der Waals surface area (Å²) in [6.07, 6.45) is 5.38. The van der Waals surface area contributed by atoms with Crippen LogP contribution in [0.2, 0.25) is 0 Å². The zero-order valence-electron chi connectivity index (χ0n) is 9.16. The normalized spacial score (nSPS) is 14.3. The maximum absolute atomic E-state index is 11.7. The molecule has 3 heteroatoms. The van der Waals surface area contributed by atoms with E-state index in [2.05, 4.69) is 6.58 Å². The maximum Gasteiger partial charge on any atom is 0.315 e. The largest absolute Gasteiger partial charge is 0.472 e. The number of furan rings is 1. The number of hydrogen-bond acceptors (Lipinski definition) is 3. The van der Waals surface area contributed by atoms with Crippen molar-refractivity contribution < 1.29 is 13.9 Å². The number of carbonyl (C=O) groups excluding carboxylic acids is 1. The summed E-state index contributed by atoms with van der Waals surface area (Å²) >= 11 is 0. The Morgan fingerprint density at radius 1 is 1.73 bits per heavy atom. The van der Waals surface area contributed by atoms with Crippen molar-refractivity contribution in [3.63, 3.8) is 0 Å². The average Bonchev–Trinajstić information content (AvgIpc) is 2.70. The van der Waals surface area contributed by atoms with Gasteiger partial charge in [0.1, 0.15) is 0 Å². The molecule has 0 aliphatic rings. The van der Waals surface area contributed by atoms with Gasteiger partial charge in [-0.25, -0.2) is 0 Å². The molecule has 1 rings (SSSR count). The van der Waals surface area contributed by atoms with Crippen LogP contribution in [0.3, 0.4) is 0 Å². The molecular formula is C12H16O3. The van der Waals surface area contributed by atoms with E-state index in [4.69, 9.17) is 9.15 Å². The van der Waals surface area contributed by atoms with Gasteiger partial charge in [0, 0.05) is 0 Å². The highest BCUT2D eigenvalue weighted by molar-refractivity contribution is 5.78. The van der Waals surface area contributed by atoms with E-state index in [1.54, 1.807) is 25.5 Å². The zero-order chi connectivity index (χ0) is 11.3. The van der Waals surface area contributed by atoms with E-state index in [9.17, 15) is 4.79 Å². The summed E-state index contributed by atoms with van der Waals surface area (Å²) in [6.45, 7) is 7.67. The quantitative estimate of drug-likeness (QED) is 0.551. The number of rotatable bonds is 5. The van der Waals surface area contributed by atoms with Gasteiger partial charge < -0.3 is 9.15 Å². The van der Waals surface area contributed by atoms with E-state index in [0.717, 1.165) is 5.56 Å². The van der Waals surface area contributed by atoms with Crippen LogP contribution in [0.25, 0.3) is 0 Å². The fraction of sp³-hybridized carbons (Fsp3) is 0.417. The molecule has 0 saturated heterocycles. The van der Waals surface area contributed by atoms with Crippen molar-refractivity contribution in [3.8, 4) is 0 Å². The second kappa shape index (κ2) is 4.82. The van der Waals surface area contributed by atoms with Crippen LogP contribution in [0.15, 0.2) is 35.7 Å². The highest BCUT2D eigenvalue weighted by Crippen LogP contribution is 2.25. The minimum absolute atomic E-state index is 0.249. The molecule has 82 valence electrons. The highest BCUT2D eigenvalue weighted by Gasteiger charge is 2.31. The first-order valence-corrected chi connectivity index (χ1v) is 4.94. The lowest BCUT2D eigenvalue weighted by atomic mass is 9.84. The molecule has 0 N–H and O–H groups in total. The molecule has 1 heterocycles. The predicted octanol–water partition coefficient (Wildman–Crippen LogP) is 2.58. The van der Waals surface area contributed by atoms with Gasteiger partial charge in [-0.1, -0.05) is 6.08 Å². The molecule has 0 radical (unpaired) electrons. The van der Waals surface area contributed by atoms with Crippen molar-refractivity contribution in [1.29, 1.82) is 0 Å². The molecule has 3 nitrogen and oxygen atoms in total. The molecule has 0 saturated carbocycles. The van der Waals surface area contributed by atoms with Crippen LogP contribution in [-0.2, 0) is 16.0 Å². The van der Waals surface area contributed by atoms with E-state index in [0.29, 0.717) is 13.0 Å². The van der Waals surface area contributed by atoms with Crippen LogP contribution in [-0.4, -0.2) is 12.6 Å². The fourth-order valence-corrected chi connectivity index (χ4v) is 1.34. The van der Waals surface area contributed by atoms with Crippen molar-refractivity contribution in [3.05, 3.63) is 36.8 Å². The second-order valence-corrected chi connectivity index (χ2v) is 3.65. The summed E-state index contributed by atoms with van der Waals surface area (Å²) < 4.78 is 9.96. The summed E-state index contributed by atoms with van der Waals surface area (Å²) in [6, 6.07) is 1.83. The molecule has 0 aliphatic carbocycles. The smallest absolute Gasteiger partial charge is 0.315 e. The van der Waals surface area contributed by atoms with E-state index < -0.39 is 5.41 Å². The lowest BCUT2D eigenvalue weighted by molar-refractivity contribution is -0.151. The van der Waals surface area contributed by atoms with Gasteiger partial charge >= 0.3 is 5.97 Å². The molecule has 1 aromatic heterocycles. The predicted molar refractivity (Wildman–Crippen MR) is 57.3 cm³/mol. The van der Waals surface area contributed by atoms with E-state index in [1.807, 2.05) is 13.0 Å². The zero-order valence-corrected chi connectivity index (χ0v) is 9.16. The van der Waals surface area contributed by atoms with E-state index in [1.165, 1.54) is 0 Å². The van der Waals surface area contributed by atoms with Gasteiger partial charge in [0.25, 0.3) is 0 Å². The van der Waals surface area contributed by atoms with Crippen molar-refractivity contribution >= 4 is 5.97 Å². The Kier molecular flexibility index (Phi) is 3.72. The summed E-state index contributed by atoms with van der Waals surface area (Å²) in [5.74, 6) is -0.249. The number of esters is 1. The van der Waals surface area contributed by atoms with Crippen molar-refractivity contribution in [2.75, 3.05) is 6.61 Å². The molecule has 0 bridgehead atoms. The standard InChI is InChI=1S/C12H16O3/c1-4-12(3,11(13)15-5-2)8-10-6-7-14-9-10/h4,6-7,9H,1,5,8H2,2-3H3. The minimum Gasteiger partial charge on any atom is -0.472 e. The number of ether oxygens (including phenoxy) is 1. The minimum atomic E-state index is -0.681. The fourth-order valence-electron chi connectivity index (χ4n) is 1.34.